The van der Waals surface area contributed by atoms with Crippen LogP contribution in [0.3, 0.4) is 0 Å². The fraction of sp³-hybridized carbons (Fsp3) is 0.400. The molecule has 1 aliphatic carbocycles. The number of benzene rings is 2. The van der Waals surface area contributed by atoms with Gasteiger partial charge in [0.05, 0.1) is 0 Å². The second kappa shape index (κ2) is 5.72. The molecule has 2 fully saturated rings. The topological polar surface area (TPSA) is 12.0 Å². The predicted molar refractivity (Wildman–Crippen MR) is 92.4 cm³/mol. The van der Waals surface area contributed by atoms with E-state index in [1.807, 2.05) is 0 Å². The van der Waals surface area contributed by atoms with Gasteiger partial charge in [-0.1, -0.05) is 60.7 Å². The number of nitrogens with one attached hydrogen (secondary N) is 1. The van der Waals surface area contributed by atoms with Crippen molar-refractivity contribution in [2.24, 2.45) is 11.8 Å². The van der Waals surface area contributed by atoms with Crippen LogP contribution in [-0.4, -0.2) is 18.5 Å². The van der Waals surface area contributed by atoms with Crippen LogP contribution in [0.25, 0.3) is 0 Å². The SMILES string of the molecule is ClC1CCC(c2ccccc2)(c2ccccc2)C2CNCC12. The Morgan fingerprint density at radius 3 is 2.05 bits per heavy atom. The third kappa shape index (κ3) is 2.11. The zero-order valence-corrected chi connectivity index (χ0v) is 13.5. The monoisotopic (exact) mass is 311 g/mol. The molecule has 3 unspecified atom stereocenters. The normalized spacial score (nSPS) is 30.0. The summed E-state index contributed by atoms with van der Waals surface area (Å²) in [4.78, 5) is 0. The standard InChI is InChI=1S/C20H22ClN/c21-19-11-12-20(15-7-3-1-4-8-15,16-9-5-2-6-10-16)18-14-22-13-17(18)19/h1-10,17-19,22H,11-14H2. The Morgan fingerprint density at radius 1 is 0.864 bits per heavy atom. The zero-order chi connectivity index (χ0) is 15.0. The van der Waals surface area contributed by atoms with Gasteiger partial charge in [-0.25, -0.2) is 0 Å². The summed E-state index contributed by atoms with van der Waals surface area (Å²) >= 11 is 6.68. The van der Waals surface area contributed by atoms with E-state index in [2.05, 4.69) is 66.0 Å². The largest absolute Gasteiger partial charge is 0.316 e. The highest BCUT2D eigenvalue weighted by atomic mass is 35.5. The molecule has 0 spiro atoms. The number of alkyl halides is 1. The van der Waals surface area contributed by atoms with Crippen molar-refractivity contribution >= 4 is 11.6 Å². The quantitative estimate of drug-likeness (QED) is 0.819. The molecule has 2 aromatic rings. The average molecular weight is 312 g/mol. The lowest BCUT2D eigenvalue weighted by molar-refractivity contribution is 0.193. The lowest BCUT2D eigenvalue weighted by Gasteiger charge is -2.48. The summed E-state index contributed by atoms with van der Waals surface area (Å²) in [5.74, 6) is 1.14. The lowest BCUT2D eigenvalue weighted by atomic mass is 9.56. The van der Waals surface area contributed by atoms with Gasteiger partial charge in [-0.15, -0.1) is 11.6 Å². The fourth-order valence-electron chi connectivity index (χ4n) is 4.74. The molecule has 4 rings (SSSR count). The van der Waals surface area contributed by atoms with E-state index in [9.17, 15) is 0 Å². The van der Waals surface area contributed by atoms with Crippen LogP contribution in [0.2, 0.25) is 0 Å². The van der Waals surface area contributed by atoms with Crippen LogP contribution >= 0.6 is 11.6 Å². The van der Waals surface area contributed by atoms with Gasteiger partial charge in [0.1, 0.15) is 0 Å². The van der Waals surface area contributed by atoms with E-state index in [1.54, 1.807) is 0 Å². The Morgan fingerprint density at radius 2 is 1.45 bits per heavy atom. The lowest BCUT2D eigenvalue weighted by Crippen LogP contribution is -2.47. The highest BCUT2D eigenvalue weighted by molar-refractivity contribution is 6.20. The summed E-state index contributed by atoms with van der Waals surface area (Å²) in [7, 11) is 0. The maximum atomic E-state index is 6.68. The van der Waals surface area contributed by atoms with Crippen LogP contribution in [0, 0.1) is 11.8 Å². The Labute approximate surface area is 137 Å². The first-order valence-corrected chi connectivity index (χ1v) is 8.72. The summed E-state index contributed by atoms with van der Waals surface area (Å²) < 4.78 is 0. The number of hydrogen-bond donors (Lipinski definition) is 1. The van der Waals surface area contributed by atoms with Gasteiger partial charge in [0.15, 0.2) is 0 Å². The van der Waals surface area contributed by atoms with Crippen molar-refractivity contribution in [2.45, 2.75) is 23.6 Å². The molecule has 1 N–H and O–H groups in total. The fourth-order valence-corrected chi connectivity index (χ4v) is 5.11. The minimum atomic E-state index is 0.0993. The van der Waals surface area contributed by atoms with Crippen molar-refractivity contribution in [3.63, 3.8) is 0 Å². The summed E-state index contributed by atoms with van der Waals surface area (Å²) in [5.41, 5.74) is 2.99. The molecule has 0 bridgehead atoms. The molecule has 0 aromatic heterocycles. The van der Waals surface area contributed by atoms with Crippen LogP contribution in [0.15, 0.2) is 60.7 Å². The molecule has 114 valence electrons. The first-order chi connectivity index (χ1) is 10.8. The Kier molecular flexibility index (Phi) is 3.71. The van der Waals surface area contributed by atoms with E-state index in [-0.39, 0.29) is 5.41 Å². The molecule has 1 heterocycles. The molecule has 1 saturated heterocycles. The molecular formula is C20H22ClN. The third-order valence-corrected chi connectivity index (χ3v) is 6.29. The molecule has 2 heteroatoms. The Balaban J connectivity index is 1.90. The highest BCUT2D eigenvalue weighted by Gasteiger charge is 2.52. The van der Waals surface area contributed by atoms with Crippen molar-refractivity contribution in [3.8, 4) is 0 Å². The maximum Gasteiger partial charge on any atom is 0.0380 e. The molecule has 3 atom stereocenters. The van der Waals surface area contributed by atoms with E-state index >= 15 is 0 Å². The summed E-state index contributed by atoms with van der Waals surface area (Å²) in [5, 5.41) is 3.91. The summed E-state index contributed by atoms with van der Waals surface area (Å²) in [6, 6.07) is 22.1. The second-order valence-electron chi connectivity index (χ2n) is 6.69. The first-order valence-electron chi connectivity index (χ1n) is 8.28. The first kappa shape index (κ1) is 14.3. The molecule has 2 aliphatic rings. The smallest absolute Gasteiger partial charge is 0.0380 e. The van der Waals surface area contributed by atoms with E-state index in [4.69, 9.17) is 11.6 Å². The summed E-state index contributed by atoms with van der Waals surface area (Å²) in [6.07, 6.45) is 2.23. The van der Waals surface area contributed by atoms with Gasteiger partial charge in [-0.2, -0.15) is 0 Å². The van der Waals surface area contributed by atoms with Crippen LogP contribution in [-0.2, 0) is 5.41 Å². The Hall–Kier alpha value is -1.31. The third-order valence-electron chi connectivity index (χ3n) is 5.75. The van der Waals surface area contributed by atoms with E-state index in [0.29, 0.717) is 17.2 Å². The molecule has 22 heavy (non-hydrogen) atoms. The van der Waals surface area contributed by atoms with Crippen LogP contribution in [0.4, 0.5) is 0 Å². The van der Waals surface area contributed by atoms with Crippen LogP contribution in [0.1, 0.15) is 24.0 Å². The van der Waals surface area contributed by atoms with Gasteiger partial charge in [0, 0.05) is 10.8 Å². The minimum Gasteiger partial charge on any atom is -0.316 e. The summed E-state index contributed by atoms with van der Waals surface area (Å²) in [6.45, 7) is 2.12. The van der Waals surface area contributed by atoms with E-state index in [0.717, 1.165) is 25.9 Å². The molecule has 1 aliphatic heterocycles. The molecule has 1 nitrogen and oxygen atoms in total. The average Bonchev–Trinajstić information content (AvgIpc) is 3.08. The van der Waals surface area contributed by atoms with Crippen molar-refractivity contribution in [1.29, 1.82) is 0 Å². The van der Waals surface area contributed by atoms with Crippen LogP contribution < -0.4 is 5.32 Å². The second-order valence-corrected chi connectivity index (χ2v) is 7.25. The van der Waals surface area contributed by atoms with Crippen molar-refractivity contribution < 1.29 is 0 Å². The minimum absolute atomic E-state index is 0.0993. The van der Waals surface area contributed by atoms with Crippen LogP contribution in [0.5, 0.6) is 0 Å². The van der Waals surface area contributed by atoms with Gasteiger partial charge in [-0.05, 0) is 48.9 Å². The van der Waals surface area contributed by atoms with Gasteiger partial charge in [0.2, 0.25) is 0 Å². The molecule has 2 aromatic carbocycles. The highest BCUT2D eigenvalue weighted by Crippen LogP contribution is 2.53. The van der Waals surface area contributed by atoms with Crippen molar-refractivity contribution in [1.82, 2.24) is 5.32 Å². The van der Waals surface area contributed by atoms with Gasteiger partial charge in [-0.3, -0.25) is 0 Å². The Bertz CT molecular complexity index is 585. The number of hydrogen-bond acceptors (Lipinski definition) is 1. The molecule has 1 saturated carbocycles. The number of halogens is 1. The predicted octanol–water partition coefficient (Wildman–Crippen LogP) is 4.21. The number of fused-ring (bicyclic) bond motifs is 1. The van der Waals surface area contributed by atoms with E-state index in [1.165, 1.54) is 11.1 Å². The maximum absolute atomic E-state index is 6.68. The van der Waals surface area contributed by atoms with Gasteiger partial charge >= 0.3 is 0 Å². The number of rotatable bonds is 2. The molecule has 0 radical (unpaired) electrons. The van der Waals surface area contributed by atoms with Gasteiger partial charge < -0.3 is 5.32 Å². The van der Waals surface area contributed by atoms with Crippen molar-refractivity contribution in [3.05, 3.63) is 71.8 Å². The zero-order valence-electron chi connectivity index (χ0n) is 12.7. The van der Waals surface area contributed by atoms with E-state index < -0.39 is 0 Å². The molecule has 0 amide bonds. The molecular weight excluding hydrogens is 290 g/mol. The van der Waals surface area contributed by atoms with Crippen molar-refractivity contribution in [2.75, 3.05) is 13.1 Å². The van der Waals surface area contributed by atoms with Gasteiger partial charge in [0.25, 0.3) is 0 Å².